The lowest BCUT2D eigenvalue weighted by Crippen LogP contribution is -2.27. The van der Waals surface area contributed by atoms with Crippen LogP contribution in [0.4, 0.5) is 0 Å². The van der Waals surface area contributed by atoms with Crippen LogP contribution in [0.15, 0.2) is 35.7 Å². The summed E-state index contributed by atoms with van der Waals surface area (Å²) in [5, 5.41) is 5.60. The zero-order valence-electron chi connectivity index (χ0n) is 11.9. The van der Waals surface area contributed by atoms with E-state index in [9.17, 15) is 0 Å². The van der Waals surface area contributed by atoms with Crippen LogP contribution in [-0.4, -0.2) is 19.7 Å². The Morgan fingerprint density at radius 3 is 3.10 bits per heavy atom. The molecular formula is C17H21NOS. The molecule has 0 saturated carbocycles. The smallest absolute Gasteiger partial charge is 0.122 e. The van der Waals surface area contributed by atoms with Crippen LogP contribution < -0.4 is 10.1 Å². The summed E-state index contributed by atoms with van der Waals surface area (Å²) in [6.45, 7) is 0.844. The van der Waals surface area contributed by atoms with Gasteiger partial charge in [-0.15, -0.1) is 11.3 Å². The van der Waals surface area contributed by atoms with Gasteiger partial charge in [-0.3, -0.25) is 0 Å². The Balaban J connectivity index is 1.57. The van der Waals surface area contributed by atoms with Crippen molar-refractivity contribution in [1.29, 1.82) is 0 Å². The molecule has 2 nitrogen and oxygen atoms in total. The molecule has 0 bridgehead atoms. The lowest BCUT2D eigenvalue weighted by atomic mass is 10.0. The van der Waals surface area contributed by atoms with Gasteiger partial charge in [-0.25, -0.2) is 0 Å². The molecule has 0 aliphatic carbocycles. The van der Waals surface area contributed by atoms with Crippen molar-refractivity contribution in [3.8, 4) is 5.75 Å². The Morgan fingerprint density at radius 1 is 1.35 bits per heavy atom. The summed E-state index contributed by atoms with van der Waals surface area (Å²) < 4.78 is 5.56. The summed E-state index contributed by atoms with van der Waals surface area (Å²) in [7, 11) is 2.06. The minimum absolute atomic E-state index is 0.554. The van der Waals surface area contributed by atoms with Crippen LogP contribution in [0.3, 0.4) is 0 Å². The Kier molecular flexibility index (Phi) is 4.38. The topological polar surface area (TPSA) is 21.3 Å². The highest BCUT2D eigenvalue weighted by molar-refractivity contribution is 7.09. The van der Waals surface area contributed by atoms with E-state index in [1.54, 1.807) is 0 Å². The molecule has 2 heterocycles. The first-order valence-corrected chi connectivity index (χ1v) is 8.17. The molecule has 1 aliphatic heterocycles. The van der Waals surface area contributed by atoms with Crippen molar-refractivity contribution < 1.29 is 4.74 Å². The van der Waals surface area contributed by atoms with Crippen LogP contribution in [0.25, 0.3) is 0 Å². The van der Waals surface area contributed by atoms with E-state index in [0.717, 1.165) is 31.6 Å². The average Bonchev–Trinajstić information content (AvgIpc) is 3.13. The Morgan fingerprint density at radius 2 is 2.30 bits per heavy atom. The number of likely N-dealkylation sites (N-methyl/N-ethyl adjacent to an activating group) is 1. The third-order valence-corrected chi connectivity index (χ3v) is 4.87. The lowest BCUT2D eigenvalue weighted by Gasteiger charge is -2.15. The Hall–Kier alpha value is -1.32. The summed E-state index contributed by atoms with van der Waals surface area (Å²) in [5.41, 5.74) is 2.81. The van der Waals surface area contributed by atoms with Crippen molar-refractivity contribution in [3.63, 3.8) is 0 Å². The SMILES string of the molecule is CNC(CCc1ccc2c(c1)CCO2)Cc1cccs1. The second-order valence-corrected chi connectivity index (χ2v) is 6.38. The first-order chi connectivity index (χ1) is 9.85. The fourth-order valence-electron chi connectivity index (χ4n) is 2.76. The molecule has 1 aromatic heterocycles. The number of nitrogens with one attached hydrogen (secondary N) is 1. The van der Waals surface area contributed by atoms with Crippen molar-refractivity contribution in [2.45, 2.75) is 31.7 Å². The number of aryl methyl sites for hydroxylation is 1. The van der Waals surface area contributed by atoms with E-state index in [-0.39, 0.29) is 0 Å². The van der Waals surface area contributed by atoms with Gasteiger partial charge in [0, 0.05) is 17.3 Å². The molecule has 1 unspecified atom stereocenters. The van der Waals surface area contributed by atoms with Crippen LogP contribution >= 0.6 is 11.3 Å². The molecule has 2 aromatic rings. The fourth-order valence-corrected chi connectivity index (χ4v) is 3.54. The normalized spacial score (nSPS) is 14.8. The first kappa shape index (κ1) is 13.7. The lowest BCUT2D eigenvalue weighted by molar-refractivity contribution is 0.357. The Bertz CT molecular complexity index is 550. The van der Waals surface area contributed by atoms with Crippen molar-refractivity contribution in [1.82, 2.24) is 5.32 Å². The second kappa shape index (κ2) is 6.42. The van der Waals surface area contributed by atoms with E-state index < -0.39 is 0 Å². The number of hydrogen-bond acceptors (Lipinski definition) is 3. The number of fused-ring (bicyclic) bond motifs is 1. The summed E-state index contributed by atoms with van der Waals surface area (Å²) in [4.78, 5) is 1.46. The van der Waals surface area contributed by atoms with Crippen LogP contribution in [-0.2, 0) is 19.3 Å². The molecule has 1 atom stereocenters. The van der Waals surface area contributed by atoms with Gasteiger partial charge in [0.05, 0.1) is 6.61 Å². The quantitative estimate of drug-likeness (QED) is 0.878. The van der Waals surface area contributed by atoms with E-state index in [4.69, 9.17) is 4.74 Å². The third-order valence-electron chi connectivity index (χ3n) is 3.97. The predicted molar refractivity (Wildman–Crippen MR) is 84.8 cm³/mol. The zero-order valence-corrected chi connectivity index (χ0v) is 12.7. The van der Waals surface area contributed by atoms with Crippen LogP contribution in [0, 0.1) is 0 Å². The standard InChI is InChI=1S/C17H21NOS/c1-18-15(12-16-3-2-10-20-16)6-4-13-5-7-17-14(11-13)8-9-19-17/h2-3,5,7,10-11,15,18H,4,6,8-9,12H2,1H3. The summed E-state index contributed by atoms with van der Waals surface area (Å²) in [5.74, 6) is 1.08. The van der Waals surface area contributed by atoms with Gasteiger partial charge in [0.1, 0.15) is 5.75 Å². The fraction of sp³-hybridized carbons (Fsp3) is 0.412. The highest BCUT2D eigenvalue weighted by Gasteiger charge is 2.13. The molecule has 0 saturated heterocycles. The van der Waals surface area contributed by atoms with Crippen LogP contribution in [0.1, 0.15) is 22.4 Å². The van der Waals surface area contributed by atoms with E-state index in [0.29, 0.717) is 6.04 Å². The molecule has 0 spiro atoms. The maximum Gasteiger partial charge on any atom is 0.122 e. The molecule has 20 heavy (non-hydrogen) atoms. The molecule has 106 valence electrons. The van der Waals surface area contributed by atoms with Gasteiger partial charge in [-0.2, -0.15) is 0 Å². The average molecular weight is 287 g/mol. The first-order valence-electron chi connectivity index (χ1n) is 7.29. The van der Waals surface area contributed by atoms with Gasteiger partial charge in [-0.1, -0.05) is 18.2 Å². The predicted octanol–water partition coefficient (Wildman–Crippen LogP) is 3.45. The molecular weight excluding hydrogens is 266 g/mol. The largest absolute Gasteiger partial charge is 0.493 e. The monoisotopic (exact) mass is 287 g/mol. The number of benzene rings is 1. The molecule has 3 heteroatoms. The van der Waals surface area contributed by atoms with E-state index >= 15 is 0 Å². The Labute approximate surface area is 124 Å². The number of rotatable bonds is 6. The van der Waals surface area contributed by atoms with E-state index in [1.807, 2.05) is 11.3 Å². The van der Waals surface area contributed by atoms with Gasteiger partial charge < -0.3 is 10.1 Å². The molecule has 0 radical (unpaired) electrons. The minimum Gasteiger partial charge on any atom is -0.493 e. The molecule has 0 amide bonds. The molecule has 1 aromatic carbocycles. The van der Waals surface area contributed by atoms with Gasteiger partial charge in [0.2, 0.25) is 0 Å². The third kappa shape index (κ3) is 3.22. The molecule has 1 N–H and O–H groups in total. The summed E-state index contributed by atoms with van der Waals surface area (Å²) >= 11 is 1.85. The van der Waals surface area contributed by atoms with Gasteiger partial charge in [0.25, 0.3) is 0 Å². The van der Waals surface area contributed by atoms with Gasteiger partial charge >= 0.3 is 0 Å². The van der Waals surface area contributed by atoms with Crippen molar-refractivity contribution in [2.24, 2.45) is 0 Å². The number of hydrogen-bond donors (Lipinski definition) is 1. The van der Waals surface area contributed by atoms with Crippen LogP contribution in [0.5, 0.6) is 5.75 Å². The van der Waals surface area contributed by atoms with Crippen LogP contribution in [0.2, 0.25) is 0 Å². The maximum absolute atomic E-state index is 5.56. The van der Waals surface area contributed by atoms with Gasteiger partial charge in [-0.05, 0) is 54.9 Å². The zero-order chi connectivity index (χ0) is 13.8. The summed E-state index contributed by atoms with van der Waals surface area (Å²) in [6.07, 6.45) is 4.49. The molecule has 3 rings (SSSR count). The van der Waals surface area contributed by atoms with Crippen molar-refractivity contribution in [3.05, 3.63) is 51.7 Å². The number of thiophene rings is 1. The minimum atomic E-state index is 0.554. The van der Waals surface area contributed by atoms with Crippen molar-refractivity contribution in [2.75, 3.05) is 13.7 Å². The second-order valence-electron chi connectivity index (χ2n) is 5.35. The highest BCUT2D eigenvalue weighted by atomic mass is 32.1. The van der Waals surface area contributed by atoms with E-state index in [1.165, 1.54) is 22.4 Å². The number of ether oxygens (including phenoxy) is 1. The maximum atomic E-state index is 5.56. The summed E-state index contributed by atoms with van der Waals surface area (Å²) in [6, 6.07) is 11.6. The van der Waals surface area contributed by atoms with Crippen molar-refractivity contribution >= 4 is 11.3 Å². The van der Waals surface area contributed by atoms with Gasteiger partial charge in [0.15, 0.2) is 0 Å². The molecule has 1 aliphatic rings. The highest BCUT2D eigenvalue weighted by Crippen LogP contribution is 2.26. The molecule has 0 fully saturated rings. The van der Waals surface area contributed by atoms with E-state index in [2.05, 4.69) is 48.1 Å².